The van der Waals surface area contributed by atoms with Gasteiger partial charge in [0.25, 0.3) is 5.91 Å². The van der Waals surface area contributed by atoms with E-state index in [9.17, 15) is 9.59 Å². The fraction of sp³-hybridized carbons (Fsp3) is 0.500. The zero-order valence-electron chi connectivity index (χ0n) is 7.16. The topological polar surface area (TPSA) is 46.6 Å². The first-order valence-electron chi connectivity index (χ1n) is 3.65. The molecule has 1 aliphatic rings. The van der Waals surface area contributed by atoms with Gasteiger partial charge in [0.1, 0.15) is 5.41 Å². The second kappa shape index (κ2) is 2.62. The SMILES string of the molecule is C=CCN1OC(=O)C(C)(C)C1=O. The van der Waals surface area contributed by atoms with E-state index in [-0.39, 0.29) is 12.5 Å². The van der Waals surface area contributed by atoms with Gasteiger partial charge >= 0.3 is 5.97 Å². The minimum absolute atomic E-state index is 0.244. The summed E-state index contributed by atoms with van der Waals surface area (Å²) >= 11 is 0. The molecule has 1 rings (SSSR count). The van der Waals surface area contributed by atoms with Crippen LogP contribution < -0.4 is 0 Å². The van der Waals surface area contributed by atoms with Gasteiger partial charge in [-0.15, -0.1) is 6.58 Å². The molecule has 0 aliphatic carbocycles. The molecule has 66 valence electrons. The molecule has 0 aromatic heterocycles. The van der Waals surface area contributed by atoms with Crippen molar-refractivity contribution in [2.75, 3.05) is 6.54 Å². The van der Waals surface area contributed by atoms with Crippen LogP contribution in [0.3, 0.4) is 0 Å². The van der Waals surface area contributed by atoms with E-state index in [2.05, 4.69) is 6.58 Å². The average Bonchev–Trinajstić information content (AvgIpc) is 2.17. The van der Waals surface area contributed by atoms with E-state index in [4.69, 9.17) is 4.84 Å². The van der Waals surface area contributed by atoms with Crippen molar-refractivity contribution in [1.82, 2.24) is 5.06 Å². The smallest absolute Gasteiger partial charge is 0.337 e. The summed E-state index contributed by atoms with van der Waals surface area (Å²) in [4.78, 5) is 27.1. The molecule has 0 bridgehead atoms. The molecule has 1 amide bonds. The molecule has 0 saturated carbocycles. The zero-order chi connectivity index (χ0) is 9.35. The van der Waals surface area contributed by atoms with Crippen molar-refractivity contribution in [1.29, 1.82) is 0 Å². The Kier molecular flexibility index (Phi) is 1.92. The maximum atomic E-state index is 11.4. The molecule has 1 fully saturated rings. The predicted molar refractivity (Wildman–Crippen MR) is 41.8 cm³/mol. The third-order valence-corrected chi connectivity index (χ3v) is 1.76. The molecule has 0 spiro atoms. The highest BCUT2D eigenvalue weighted by Crippen LogP contribution is 2.27. The first-order chi connectivity index (χ1) is 5.50. The van der Waals surface area contributed by atoms with Gasteiger partial charge in [-0.25, -0.2) is 4.79 Å². The number of hydroxylamine groups is 2. The van der Waals surface area contributed by atoms with Gasteiger partial charge in [0.15, 0.2) is 0 Å². The summed E-state index contributed by atoms with van der Waals surface area (Å²) in [6, 6.07) is 0. The van der Waals surface area contributed by atoms with Crippen LogP contribution >= 0.6 is 0 Å². The van der Waals surface area contributed by atoms with E-state index >= 15 is 0 Å². The Balaban J connectivity index is 2.83. The third kappa shape index (κ3) is 1.09. The number of hydrogen-bond donors (Lipinski definition) is 0. The minimum Gasteiger partial charge on any atom is -0.337 e. The molecule has 0 unspecified atom stereocenters. The molecule has 4 nitrogen and oxygen atoms in total. The van der Waals surface area contributed by atoms with Crippen LogP contribution in [0.15, 0.2) is 12.7 Å². The van der Waals surface area contributed by atoms with Gasteiger partial charge in [0.05, 0.1) is 6.54 Å². The Morgan fingerprint density at radius 1 is 1.58 bits per heavy atom. The summed E-state index contributed by atoms with van der Waals surface area (Å²) in [5.74, 6) is -0.818. The molecule has 0 aromatic rings. The first-order valence-corrected chi connectivity index (χ1v) is 3.65. The van der Waals surface area contributed by atoms with E-state index in [0.29, 0.717) is 0 Å². The van der Waals surface area contributed by atoms with Crippen molar-refractivity contribution in [3.63, 3.8) is 0 Å². The van der Waals surface area contributed by atoms with Crippen LogP contribution in [0, 0.1) is 5.41 Å². The fourth-order valence-electron chi connectivity index (χ4n) is 0.892. The zero-order valence-corrected chi connectivity index (χ0v) is 7.16. The minimum atomic E-state index is -1.04. The predicted octanol–water partition coefficient (Wildman–Crippen LogP) is 0.499. The highest BCUT2D eigenvalue weighted by Gasteiger charge is 2.49. The van der Waals surface area contributed by atoms with E-state index in [1.807, 2.05) is 0 Å². The van der Waals surface area contributed by atoms with E-state index in [0.717, 1.165) is 5.06 Å². The molecule has 1 aliphatic heterocycles. The van der Waals surface area contributed by atoms with Crippen LogP contribution in [0.25, 0.3) is 0 Å². The van der Waals surface area contributed by atoms with Crippen LogP contribution in [0.2, 0.25) is 0 Å². The molecule has 12 heavy (non-hydrogen) atoms. The Labute approximate surface area is 70.7 Å². The Bertz CT molecular complexity index is 245. The third-order valence-electron chi connectivity index (χ3n) is 1.76. The van der Waals surface area contributed by atoms with Gasteiger partial charge < -0.3 is 4.84 Å². The Hall–Kier alpha value is -1.32. The van der Waals surface area contributed by atoms with Gasteiger partial charge in [-0.2, -0.15) is 5.06 Å². The number of carbonyl (C=O) groups excluding carboxylic acids is 2. The lowest BCUT2D eigenvalue weighted by Crippen LogP contribution is -2.31. The summed E-state index contributed by atoms with van der Waals surface area (Å²) in [5, 5.41) is 1.02. The lowest BCUT2D eigenvalue weighted by molar-refractivity contribution is -0.176. The van der Waals surface area contributed by atoms with Crippen LogP contribution in [0.4, 0.5) is 0 Å². The second-order valence-electron chi connectivity index (χ2n) is 3.16. The number of nitrogens with zero attached hydrogens (tertiary/aromatic N) is 1. The summed E-state index contributed by atoms with van der Waals surface area (Å²) in [6.07, 6.45) is 1.51. The summed E-state index contributed by atoms with van der Waals surface area (Å²) < 4.78 is 0. The van der Waals surface area contributed by atoms with Gasteiger partial charge in [-0.3, -0.25) is 4.79 Å². The van der Waals surface area contributed by atoms with Crippen LogP contribution in [-0.2, 0) is 14.4 Å². The quantitative estimate of drug-likeness (QED) is 0.446. The number of amides is 1. The first kappa shape index (κ1) is 8.77. The van der Waals surface area contributed by atoms with Gasteiger partial charge in [-0.05, 0) is 13.8 Å². The van der Waals surface area contributed by atoms with Crippen molar-refractivity contribution < 1.29 is 14.4 Å². The van der Waals surface area contributed by atoms with Crippen molar-refractivity contribution >= 4 is 11.9 Å². The molecule has 0 atom stereocenters. The molecule has 0 aromatic carbocycles. The maximum absolute atomic E-state index is 11.4. The van der Waals surface area contributed by atoms with E-state index < -0.39 is 11.4 Å². The lowest BCUT2D eigenvalue weighted by Gasteiger charge is -2.10. The number of hydrogen-bond acceptors (Lipinski definition) is 3. The standard InChI is InChI=1S/C8H11NO3/c1-4-5-9-6(10)8(2,3)7(11)12-9/h4H,1,5H2,2-3H3. The molecular formula is C8H11NO3. The molecule has 1 heterocycles. The number of carbonyl (C=O) groups is 2. The molecule has 1 saturated heterocycles. The highest BCUT2D eigenvalue weighted by atomic mass is 16.7. The molecular weight excluding hydrogens is 158 g/mol. The van der Waals surface area contributed by atoms with Crippen molar-refractivity contribution in [2.45, 2.75) is 13.8 Å². The molecule has 4 heteroatoms. The van der Waals surface area contributed by atoms with Gasteiger partial charge in [0.2, 0.25) is 0 Å². The lowest BCUT2D eigenvalue weighted by atomic mass is 9.94. The van der Waals surface area contributed by atoms with Crippen LogP contribution in [0.5, 0.6) is 0 Å². The van der Waals surface area contributed by atoms with Gasteiger partial charge in [-0.1, -0.05) is 6.08 Å². The monoisotopic (exact) mass is 169 g/mol. The maximum Gasteiger partial charge on any atom is 0.347 e. The summed E-state index contributed by atoms with van der Waals surface area (Å²) in [6.45, 7) is 6.78. The van der Waals surface area contributed by atoms with Gasteiger partial charge in [0, 0.05) is 0 Å². The van der Waals surface area contributed by atoms with Crippen molar-refractivity contribution in [2.24, 2.45) is 5.41 Å². The summed E-state index contributed by atoms with van der Waals surface area (Å²) in [5.41, 5.74) is -1.04. The Morgan fingerprint density at radius 2 is 2.17 bits per heavy atom. The van der Waals surface area contributed by atoms with E-state index in [1.54, 1.807) is 13.8 Å². The van der Waals surface area contributed by atoms with Crippen LogP contribution in [-0.4, -0.2) is 23.5 Å². The highest BCUT2D eigenvalue weighted by molar-refractivity contribution is 6.05. The second-order valence-corrected chi connectivity index (χ2v) is 3.16. The van der Waals surface area contributed by atoms with Crippen LogP contribution in [0.1, 0.15) is 13.8 Å². The fourth-order valence-corrected chi connectivity index (χ4v) is 0.892. The number of rotatable bonds is 2. The molecule has 0 N–H and O–H groups in total. The van der Waals surface area contributed by atoms with Crippen molar-refractivity contribution in [3.05, 3.63) is 12.7 Å². The average molecular weight is 169 g/mol. The normalized spacial score (nSPS) is 21.0. The van der Waals surface area contributed by atoms with Crippen molar-refractivity contribution in [3.8, 4) is 0 Å². The summed E-state index contributed by atoms with van der Waals surface area (Å²) in [7, 11) is 0. The largest absolute Gasteiger partial charge is 0.347 e. The van der Waals surface area contributed by atoms with E-state index in [1.165, 1.54) is 6.08 Å². The molecule has 0 radical (unpaired) electrons. The Morgan fingerprint density at radius 3 is 2.50 bits per heavy atom.